The number of halogens is 1. The van der Waals surface area contributed by atoms with E-state index < -0.39 is 11.8 Å². The maximum Gasteiger partial charge on any atom is 0.237 e. The summed E-state index contributed by atoms with van der Waals surface area (Å²) in [6.07, 6.45) is 0.725. The quantitative estimate of drug-likeness (QED) is 0.593. The molecule has 0 saturated carbocycles. The molecule has 0 aliphatic carbocycles. The summed E-state index contributed by atoms with van der Waals surface area (Å²) >= 11 is 2.19. The fourth-order valence-corrected chi connectivity index (χ4v) is 3.88. The van der Waals surface area contributed by atoms with Gasteiger partial charge in [-0.1, -0.05) is 18.2 Å². The number of nitrogens with two attached hydrogens (primary N) is 2. The van der Waals surface area contributed by atoms with Gasteiger partial charge in [0.1, 0.15) is 13.1 Å². The number of para-hydroxylation sites is 1. The van der Waals surface area contributed by atoms with Crippen molar-refractivity contribution in [1.29, 1.82) is 0 Å². The lowest BCUT2D eigenvalue weighted by molar-refractivity contribution is -0.121. The van der Waals surface area contributed by atoms with Crippen molar-refractivity contribution < 1.29 is 19.2 Å². The first-order valence-corrected chi connectivity index (χ1v) is 9.88. The Kier molecular flexibility index (Phi) is 6.16. The predicted octanol–water partition coefficient (Wildman–Crippen LogP) is 0.727. The van der Waals surface area contributed by atoms with E-state index in [1.165, 1.54) is 9.80 Å². The highest BCUT2D eigenvalue weighted by molar-refractivity contribution is 14.1. The molecule has 0 bridgehead atoms. The second kappa shape index (κ2) is 8.60. The van der Waals surface area contributed by atoms with Gasteiger partial charge in [0.05, 0.1) is 12.8 Å². The molecule has 0 atom stereocenters. The van der Waals surface area contributed by atoms with Crippen LogP contribution in [0.15, 0.2) is 42.5 Å². The average molecular weight is 506 g/mol. The summed E-state index contributed by atoms with van der Waals surface area (Å²) in [5.41, 5.74) is 13.7. The van der Waals surface area contributed by atoms with Crippen LogP contribution in [0.2, 0.25) is 0 Å². The monoisotopic (exact) mass is 506 g/mol. The van der Waals surface area contributed by atoms with E-state index in [0.29, 0.717) is 12.8 Å². The van der Waals surface area contributed by atoms with Gasteiger partial charge < -0.3 is 21.3 Å². The number of carbonyl (C=O) groups is 4. The highest BCUT2D eigenvalue weighted by Gasteiger charge is 2.28. The lowest BCUT2D eigenvalue weighted by Crippen LogP contribution is -2.35. The summed E-state index contributed by atoms with van der Waals surface area (Å²) in [6.45, 7) is -0.0672. The Bertz CT molecular complexity index is 1010. The van der Waals surface area contributed by atoms with Gasteiger partial charge in [0.15, 0.2) is 0 Å². The van der Waals surface area contributed by atoms with E-state index in [1.54, 1.807) is 0 Å². The van der Waals surface area contributed by atoms with Crippen LogP contribution in [-0.2, 0) is 32.0 Å². The Balaban J connectivity index is 0.000000166. The molecule has 0 spiro atoms. The molecule has 0 radical (unpaired) electrons. The normalized spacial score (nSPS) is 14.2. The first-order valence-electron chi connectivity index (χ1n) is 8.80. The zero-order valence-electron chi connectivity index (χ0n) is 15.4. The molecule has 150 valence electrons. The molecule has 4 N–H and O–H groups in total. The number of amides is 4. The van der Waals surface area contributed by atoms with Crippen LogP contribution in [0.5, 0.6) is 0 Å². The zero-order valence-corrected chi connectivity index (χ0v) is 17.6. The number of hydrogen-bond acceptors (Lipinski definition) is 4. The molecule has 4 amide bonds. The second-order valence-corrected chi connectivity index (χ2v) is 7.89. The molecular formula is C20H19IN4O4. The standard InChI is InChI=1S/C10H9IN2O2.C10H10N2O2/c11-7-1-2-8-6(3-7)4-10(15)13(8)5-9(12)14;11-9(13)6-12-8-4-2-1-3-7(8)5-10(12)14/h1-3H,4-5H2,(H2,12,14);1-4H,5-6H2,(H2,11,13). The maximum absolute atomic E-state index is 11.6. The van der Waals surface area contributed by atoms with E-state index in [1.807, 2.05) is 42.5 Å². The molecule has 0 aromatic heterocycles. The molecule has 2 aliphatic rings. The SMILES string of the molecule is NC(=O)CN1C(=O)Cc2cc(I)ccc21.NC(=O)CN1C(=O)Cc2ccccc21. The van der Waals surface area contributed by atoms with Gasteiger partial charge in [-0.15, -0.1) is 0 Å². The Morgan fingerprint density at radius 1 is 0.828 bits per heavy atom. The molecule has 0 unspecified atom stereocenters. The molecule has 29 heavy (non-hydrogen) atoms. The molecule has 2 aromatic rings. The number of benzene rings is 2. The average Bonchev–Trinajstić information content (AvgIpc) is 3.11. The lowest BCUT2D eigenvalue weighted by atomic mass is 10.2. The highest BCUT2D eigenvalue weighted by atomic mass is 127. The molecule has 2 heterocycles. The molecule has 8 nitrogen and oxygen atoms in total. The maximum atomic E-state index is 11.6. The summed E-state index contributed by atoms with van der Waals surface area (Å²) in [6, 6.07) is 13.1. The van der Waals surface area contributed by atoms with Gasteiger partial charge in [-0.05, 0) is 58.0 Å². The molecule has 0 saturated heterocycles. The number of rotatable bonds is 4. The Hall–Kier alpha value is -2.95. The number of anilines is 2. The fourth-order valence-electron chi connectivity index (χ4n) is 3.33. The smallest absolute Gasteiger partial charge is 0.237 e. The van der Waals surface area contributed by atoms with Crippen molar-refractivity contribution in [3.63, 3.8) is 0 Å². The third-order valence-corrected chi connectivity index (χ3v) is 5.20. The van der Waals surface area contributed by atoms with Crippen LogP contribution in [0.3, 0.4) is 0 Å². The minimum Gasteiger partial charge on any atom is -0.368 e. The number of primary amides is 2. The van der Waals surface area contributed by atoms with Crippen LogP contribution in [-0.4, -0.2) is 36.7 Å². The van der Waals surface area contributed by atoms with E-state index in [-0.39, 0.29) is 24.9 Å². The zero-order chi connectivity index (χ0) is 21.1. The van der Waals surface area contributed by atoms with Crippen LogP contribution >= 0.6 is 22.6 Å². The third kappa shape index (κ3) is 4.73. The van der Waals surface area contributed by atoms with Crippen molar-refractivity contribution in [3.8, 4) is 0 Å². The number of nitrogens with zero attached hydrogens (tertiary/aromatic N) is 2. The third-order valence-electron chi connectivity index (χ3n) is 4.53. The van der Waals surface area contributed by atoms with Crippen molar-refractivity contribution in [1.82, 2.24) is 0 Å². The van der Waals surface area contributed by atoms with Gasteiger partial charge in [-0.2, -0.15) is 0 Å². The van der Waals surface area contributed by atoms with Gasteiger partial charge in [0, 0.05) is 14.9 Å². The van der Waals surface area contributed by atoms with Crippen molar-refractivity contribution in [2.75, 3.05) is 22.9 Å². The molecule has 2 aromatic carbocycles. The van der Waals surface area contributed by atoms with Gasteiger partial charge in [-0.3, -0.25) is 19.2 Å². The Morgan fingerprint density at radius 3 is 1.93 bits per heavy atom. The molecule has 0 fully saturated rings. The first kappa shape index (κ1) is 20.8. The van der Waals surface area contributed by atoms with E-state index in [2.05, 4.69) is 22.6 Å². The van der Waals surface area contributed by atoms with Crippen molar-refractivity contribution in [3.05, 3.63) is 57.2 Å². The summed E-state index contributed by atoms with van der Waals surface area (Å²) in [7, 11) is 0. The number of fused-ring (bicyclic) bond motifs is 2. The Morgan fingerprint density at radius 2 is 1.34 bits per heavy atom. The molecule has 4 rings (SSSR count). The van der Waals surface area contributed by atoms with Crippen molar-refractivity contribution in [2.45, 2.75) is 12.8 Å². The number of carbonyl (C=O) groups excluding carboxylic acids is 4. The predicted molar refractivity (Wildman–Crippen MR) is 116 cm³/mol. The largest absolute Gasteiger partial charge is 0.368 e. The van der Waals surface area contributed by atoms with E-state index in [9.17, 15) is 19.2 Å². The summed E-state index contributed by atoms with van der Waals surface area (Å²) in [5.74, 6) is -1.11. The second-order valence-electron chi connectivity index (χ2n) is 6.65. The van der Waals surface area contributed by atoms with Crippen LogP contribution < -0.4 is 21.3 Å². The topological polar surface area (TPSA) is 127 Å². The van der Waals surface area contributed by atoms with E-state index in [4.69, 9.17) is 11.5 Å². The van der Waals surface area contributed by atoms with E-state index in [0.717, 1.165) is 26.1 Å². The molecular weight excluding hydrogens is 487 g/mol. The molecule has 2 aliphatic heterocycles. The van der Waals surface area contributed by atoms with Crippen molar-refractivity contribution >= 4 is 57.6 Å². The van der Waals surface area contributed by atoms with Crippen LogP contribution in [0.1, 0.15) is 11.1 Å². The minimum atomic E-state index is -0.491. The Labute approximate surface area is 181 Å². The van der Waals surface area contributed by atoms with Gasteiger partial charge in [0.25, 0.3) is 0 Å². The van der Waals surface area contributed by atoms with Crippen LogP contribution in [0.4, 0.5) is 11.4 Å². The van der Waals surface area contributed by atoms with Gasteiger partial charge in [-0.25, -0.2) is 0 Å². The van der Waals surface area contributed by atoms with Crippen LogP contribution in [0.25, 0.3) is 0 Å². The summed E-state index contributed by atoms with van der Waals surface area (Å²) < 4.78 is 1.08. The van der Waals surface area contributed by atoms with Crippen molar-refractivity contribution in [2.24, 2.45) is 11.5 Å². The van der Waals surface area contributed by atoms with Crippen LogP contribution in [0, 0.1) is 3.57 Å². The summed E-state index contributed by atoms with van der Waals surface area (Å²) in [5, 5.41) is 0. The minimum absolute atomic E-state index is 0.0319. The first-order chi connectivity index (χ1) is 13.8. The van der Waals surface area contributed by atoms with E-state index >= 15 is 0 Å². The lowest BCUT2D eigenvalue weighted by Gasteiger charge is -2.14. The molecule has 9 heteroatoms. The van der Waals surface area contributed by atoms with Gasteiger partial charge >= 0.3 is 0 Å². The highest BCUT2D eigenvalue weighted by Crippen LogP contribution is 2.30. The summed E-state index contributed by atoms with van der Waals surface area (Å²) in [4.78, 5) is 47.5. The fraction of sp³-hybridized carbons (Fsp3) is 0.200. The number of hydrogen-bond donors (Lipinski definition) is 2. The van der Waals surface area contributed by atoms with Gasteiger partial charge in [0.2, 0.25) is 23.6 Å².